The molecule has 1 aromatic carbocycles. The fourth-order valence-corrected chi connectivity index (χ4v) is 3.25. The maximum Gasteiger partial charge on any atom is 0.224 e. The largest absolute Gasteiger partial charge is 0.381 e. The molecule has 0 saturated carbocycles. The lowest BCUT2D eigenvalue weighted by Crippen LogP contribution is -2.34. The van der Waals surface area contributed by atoms with Crippen molar-refractivity contribution in [1.82, 2.24) is 4.90 Å². The molecule has 0 aromatic heterocycles. The number of likely N-dealkylation sites (tertiary alicyclic amines) is 1. The molecule has 108 valence electrons. The number of hydrogen-bond donors (Lipinski definition) is 1. The number of amides is 1. The molecule has 1 spiro atoms. The van der Waals surface area contributed by atoms with Crippen molar-refractivity contribution in [2.45, 2.75) is 25.3 Å². The Balaban J connectivity index is 1.57. The van der Waals surface area contributed by atoms with Crippen molar-refractivity contribution >= 4 is 5.91 Å². The Bertz CT molecular complexity index is 469. The van der Waals surface area contributed by atoms with Gasteiger partial charge in [0.1, 0.15) is 0 Å². The van der Waals surface area contributed by atoms with Crippen LogP contribution in [0.3, 0.4) is 0 Å². The van der Waals surface area contributed by atoms with Crippen LogP contribution in [-0.4, -0.2) is 37.1 Å². The second kappa shape index (κ2) is 5.54. The van der Waals surface area contributed by atoms with Crippen LogP contribution in [0, 0.1) is 5.41 Å². The van der Waals surface area contributed by atoms with Crippen molar-refractivity contribution in [1.29, 1.82) is 0 Å². The highest BCUT2D eigenvalue weighted by Crippen LogP contribution is 2.38. The van der Waals surface area contributed by atoms with Gasteiger partial charge >= 0.3 is 0 Å². The molecule has 4 heteroatoms. The van der Waals surface area contributed by atoms with Gasteiger partial charge in [-0.05, 0) is 18.4 Å². The zero-order valence-electron chi connectivity index (χ0n) is 11.8. The molecule has 0 radical (unpaired) electrons. The van der Waals surface area contributed by atoms with Crippen LogP contribution < -0.4 is 5.73 Å². The molecular formula is C16H22N2O2. The zero-order chi connectivity index (χ0) is 14.0. The third-order valence-electron chi connectivity index (χ3n) is 4.60. The fourth-order valence-electron chi connectivity index (χ4n) is 3.25. The first kappa shape index (κ1) is 13.6. The normalized spacial score (nSPS) is 27.1. The number of rotatable bonds is 3. The minimum Gasteiger partial charge on any atom is -0.381 e. The molecule has 1 amide bonds. The summed E-state index contributed by atoms with van der Waals surface area (Å²) in [5.41, 5.74) is 7.39. The molecule has 20 heavy (non-hydrogen) atoms. The van der Waals surface area contributed by atoms with Crippen molar-refractivity contribution in [3.05, 3.63) is 35.9 Å². The maximum atomic E-state index is 12.4. The second-order valence-electron chi connectivity index (χ2n) is 6.09. The number of nitrogens with zero attached hydrogens (tertiary/aromatic N) is 1. The van der Waals surface area contributed by atoms with E-state index in [0.717, 1.165) is 44.7 Å². The van der Waals surface area contributed by atoms with Crippen LogP contribution >= 0.6 is 0 Å². The van der Waals surface area contributed by atoms with Gasteiger partial charge in [0.2, 0.25) is 5.91 Å². The lowest BCUT2D eigenvalue weighted by molar-refractivity contribution is -0.131. The van der Waals surface area contributed by atoms with Crippen LogP contribution in [0.5, 0.6) is 0 Å². The summed E-state index contributed by atoms with van der Waals surface area (Å²) >= 11 is 0. The van der Waals surface area contributed by atoms with Gasteiger partial charge in [0.25, 0.3) is 0 Å². The van der Waals surface area contributed by atoms with Crippen molar-refractivity contribution < 1.29 is 9.53 Å². The van der Waals surface area contributed by atoms with Gasteiger partial charge in [-0.2, -0.15) is 0 Å². The lowest BCUT2D eigenvalue weighted by atomic mass is 9.87. The molecule has 0 aliphatic carbocycles. The van der Waals surface area contributed by atoms with E-state index in [-0.39, 0.29) is 17.4 Å². The summed E-state index contributed by atoms with van der Waals surface area (Å²) in [6.45, 7) is 3.34. The number of carbonyl (C=O) groups excluding carboxylic acids is 1. The Morgan fingerprint density at radius 3 is 2.85 bits per heavy atom. The summed E-state index contributed by atoms with van der Waals surface area (Å²) in [6, 6.07) is 9.63. The van der Waals surface area contributed by atoms with Gasteiger partial charge in [-0.25, -0.2) is 0 Å². The summed E-state index contributed by atoms with van der Waals surface area (Å²) in [6.07, 6.45) is 2.54. The molecule has 2 heterocycles. The molecule has 2 aliphatic heterocycles. The van der Waals surface area contributed by atoms with Gasteiger partial charge in [0.05, 0.1) is 6.61 Å². The van der Waals surface area contributed by atoms with Gasteiger partial charge in [-0.3, -0.25) is 4.79 Å². The smallest absolute Gasteiger partial charge is 0.224 e. The third kappa shape index (κ3) is 2.72. The predicted octanol–water partition coefficient (Wildman–Crippen LogP) is 1.72. The number of ether oxygens (including phenoxy) is 1. The molecule has 2 fully saturated rings. The molecule has 2 aliphatic rings. The molecule has 1 aromatic rings. The highest BCUT2D eigenvalue weighted by Gasteiger charge is 2.42. The summed E-state index contributed by atoms with van der Waals surface area (Å²) in [7, 11) is 0. The van der Waals surface area contributed by atoms with Gasteiger partial charge in [0.15, 0.2) is 0 Å². The average molecular weight is 274 g/mol. The third-order valence-corrected chi connectivity index (χ3v) is 4.60. The van der Waals surface area contributed by atoms with E-state index in [4.69, 9.17) is 10.5 Å². The molecule has 2 saturated heterocycles. The predicted molar refractivity (Wildman–Crippen MR) is 77.1 cm³/mol. The van der Waals surface area contributed by atoms with Gasteiger partial charge < -0.3 is 15.4 Å². The van der Waals surface area contributed by atoms with E-state index in [2.05, 4.69) is 0 Å². The highest BCUT2D eigenvalue weighted by atomic mass is 16.5. The maximum absolute atomic E-state index is 12.4. The first-order chi connectivity index (χ1) is 9.69. The Morgan fingerprint density at radius 1 is 1.35 bits per heavy atom. The molecule has 3 rings (SSSR count). The van der Waals surface area contributed by atoms with E-state index in [9.17, 15) is 4.79 Å². The summed E-state index contributed by atoms with van der Waals surface area (Å²) < 4.78 is 5.50. The number of carbonyl (C=O) groups is 1. The number of nitrogens with two attached hydrogens (primary N) is 1. The monoisotopic (exact) mass is 274 g/mol. The van der Waals surface area contributed by atoms with E-state index < -0.39 is 0 Å². The standard InChI is InChI=1S/C16H22N2O2/c17-14(13-4-2-1-3-5-13)10-15(19)18-8-6-16(11-18)7-9-20-12-16/h1-5,14H,6-12,17H2/t14-,16-/m0/s1. The van der Waals surface area contributed by atoms with Crippen LogP contribution in [0.25, 0.3) is 0 Å². The fraction of sp³-hybridized carbons (Fsp3) is 0.562. The first-order valence-corrected chi connectivity index (χ1v) is 7.35. The van der Waals surface area contributed by atoms with E-state index in [0.29, 0.717) is 6.42 Å². The van der Waals surface area contributed by atoms with Gasteiger partial charge in [0, 0.05) is 37.6 Å². The molecule has 2 atom stereocenters. The Labute approximate surface area is 119 Å². The second-order valence-corrected chi connectivity index (χ2v) is 6.09. The van der Waals surface area contributed by atoms with Gasteiger partial charge in [-0.1, -0.05) is 30.3 Å². The summed E-state index contributed by atoms with van der Waals surface area (Å²) in [4.78, 5) is 14.3. The summed E-state index contributed by atoms with van der Waals surface area (Å²) in [5.74, 6) is 0.171. The topological polar surface area (TPSA) is 55.6 Å². The van der Waals surface area contributed by atoms with E-state index in [1.165, 1.54) is 0 Å². The molecular weight excluding hydrogens is 252 g/mol. The number of hydrogen-bond acceptors (Lipinski definition) is 3. The molecule has 2 N–H and O–H groups in total. The molecule has 0 unspecified atom stereocenters. The van der Waals surface area contributed by atoms with Crippen LogP contribution in [0.1, 0.15) is 30.9 Å². The minimum atomic E-state index is -0.208. The van der Waals surface area contributed by atoms with Crippen molar-refractivity contribution in [2.24, 2.45) is 11.1 Å². The van der Waals surface area contributed by atoms with Crippen molar-refractivity contribution in [2.75, 3.05) is 26.3 Å². The lowest BCUT2D eigenvalue weighted by Gasteiger charge is -2.23. The molecule has 4 nitrogen and oxygen atoms in total. The zero-order valence-corrected chi connectivity index (χ0v) is 11.8. The van der Waals surface area contributed by atoms with Crippen LogP contribution in [0.15, 0.2) is 30.3 Å². The minimum absolute atomic E-state index is 0.171. The molecule has 0 bridgehead atoms. The van der Waals surface area contributed by atoms with Crippen molar-refractivity contribution in [3.63, 3.8) is 0 Å². The SMILES string of the molecule is N[C@@H](CC(=O)N1CC[C@]2(CCOC2)C1)c1ccccc1. The average Bonchev–Trinajstić information content (AvgIpc) is 3.10. The van der Waals surface area contributed by atoms with Crippen LogP contribution in [0.4, 0.5) is 0 Å². The first-order valence-electron chi connectivity index (χ1n) is 7.35. The Morgan fingerprint density at radius 2 is 2.15 bits per heavy atom. The number of benzene rings is 1. The Kier molecular flexibility index (Phi) is 3.76. The highest BCUT2D eigenvalue weighted by molar-refractivity contribution is 5.77. The van der Waals surface area contributed by atoms with Gasteiger partial charge in [-0.15, -0.1) is 0 Å². The Hall–Kier alpha value is -1.39. The van der Waals surface area contributed by atoms with Crippen LogP contribution in [-0.2, 0) is 9.53 Å². The quantitative estimate of drug-likeness (QED) is 0.913. The van der Waals surface area contributed by atoms with Crippen molar-refractivity contribution in [3.8, 4) is 0 Å². The van der Waals surface area contributed by atoms with Crippen LogP contribution in [0.2, 0.25) is 0 Å². The summed E-state index contributed by atoms with van der Waals surface area (Å²) in [5, 5.41) is 0. The van der Waals surface area contributed by atoms with E-state index in [1.807, 2.05) is 35.2 Å². The van der Waals surface area contributed by atoms with E-state index >= 15 is 0 Å². The van der Waals surface area contributed by atoms with E-state index in [1.54, 1.807) is 0 Å².